The van der Waals surface area contributed by atoms with E-state index >= 15 is 0 Å². The lowest BCUT2D eigenvalue weighted by molar-refractivity contribution is -0.131. The number of amides is 4. The van der Waals surface area contributed by atoms with Crippen molar-refractivity contribution in [1.82, 2.24) is 0 Å². The Bertz CT molecular complexity index is 1870. The van der Waals surface area contributed by atoms with E-state index in [1.165, 1.54) is 29.2 Å². The summed E-state index contributed by atoms with van der Waals surface area (Å²) in [4.78, 5) is 58.6. The molecule has 3 aromatic carbocycles. The second kappa shape index (κ2) is 10.2. The maximum atomic E-state index is 14.9. The number of fused-ring (bicyclic) bond motifs is 4. The number of benzene rings is 3. The van der Waals surface area contributed by atoms with Crippen LogP contribution in [0.4, 0.5) is 20.2 Å². The molecule has 3 aromatic rings. The van der Waals surface area contributed by atoms with E-state index in [4.69, 9.17) is 11.6 Å². The van der Waals surface area contributed by atoms with Gasteiger partial charge in [0, 0.05) is 11.5 Å². The van der Waals surface area contributed by atoms with Crippen LogP contribution in [0.25, 0.3) is 6.08 Å². The van der Waals surface area contributed by atoms with E-state index in [1.54, 1.807) is 37.3 Å². The molecule has 7 rings (SSSR count). The molecule has 2 heterocycles. The van der Waals surface area contributed by atoms with Gasteiger partial charge in [-0.3, -0.25) is 24.1 Å². The minimum Gasteiger partial charge on any atom is -0.505 e. The number of imide groups is 2. The molecule has 10 heteroatoms. The van der Waals surface area contributed by atoms with Crippen LogP contribution in [-0.4, -0.2) is 28.7 Å². The van der Waals surface area contributed by atoms with Crippen LogP contribution in [0.3, 0.4) is 0 Å². The molecule has 2 saturated heterocycles. The van der Waals surface area contributed by atoms with E-state index in [2.05, 4.69) is 6.58 Å². The van der Waals surface area contributed by atoms with Crippen LogP contribution in [0.15, 0.2) is 78.9 Å². The largest absolute Gasteiger partial charge is 0.505 e. The summed E-state index contributed by atoms with van der Waals surface area (Å²) >= 11 is 6.02. The zero-order chi connectivity index (χ0) is 31.9. The lowest BCUT2D eigenvalue weighted by Crippen LogP contribution is -2.49. The Balaban J connectivity index is 1.37. The molecule has 1 N–H and O–H groups in total. The van der Waals surface area contributed by atoms with E-state index in [-0.39, 0.29) is 35.0 Å². The minimum absolute atomic E-state index is 0.0638. The molecule has 0 bridgehead atoms. The number of nitrogens with zero attached hydrogens (tertiary/aromatic N) is 2. The fraction of sp³-hybridized carbons (Fsp3) is 0.257. The van der Waals surface area contributed by atoms with Crippen molar-refractivity contribution in [3.05, 3.63) is 107 Å². The predicted molar refractivity (Wildman–Crippen MR) is 163 cm³/mol. The van der Waals surface area contributed by atoms with Crippen molar-refractivity contribution in [2.45, 2.75) is 25.7 Å². The van der Waals surface area contributed by atoms with Gasteiger partial charge in [0.1, 0.15) is 5.82 Å². The van der Waals surface area contributed by atoms with Crippen LogP contribution >= 0.6 is 11.6 Å². The van der Waals surface area contributed by atoms with Gasteiger partial charge in [0.15, 0.2) is 11.6 Å². The van der Waals surface area contributed by atoms with Gasteiger partial charge in [-0.05, 0) is 67.6 Å². The van der Waals surface area contributed by atoms with Crippen LogP contribution in [0, 0.1) is 40.7 Å². The summed E-state index contributed by atoms with van der Waals surface area (Å²) in [5.41, 5.74) is 0.500. The number of aromatic hydroxyl groups is 1. The fourth-order valence-corrected chi connectivity index (χ4v) is 8.18. The lowest BCUT2D eigenvalue weighted by Gasteiger charge is -2.49. The van der Waals surface area contributed by atoms with E-state index < -0.39 is 70.1 Å². The maximum Gasteiger partial charge on any atom is 0.241 e. The van der Waals surface area contributed by atoms with Crippen molar-refractivity contribution < 1.29 is 33.1 Å². The number of allylic oxidation sites excluding steroid dienone is 2. The predicted octanol–water partition coefficient (Wildman–Crippen LogP) is 6.40. The normalized spacial score (nSPS) is 29.0. The van der Waals surface area contributed by atoms with Gasteiger partial charge in [0.2, 0.25) is 23.6 Å². The molecule has 2 aliphatic carbocycles. The minimum atomic E-state index is -1.51. The van der Waals surface area contributed by atoms with Gasteiger partial charge in [-0.15, -0.1) is 0 Å². The Morgan fingerprint density at radius 1 is 0.911 bits per heavy atom. The van der Waals surface area contributed by atoms with Crippen LogP contribution in [0.5, 0.6) is 5.75 Å². The van der Waals surface area contributed by atoms with Gasteiger partial charge in [-0.1, -0.05) is 60.2 Å². The van der Waals surface area contributed by atoms with Crippen molar-refractivity contribution >= 4 is 52.7 Å². The molecule has 0 aromatic heterocycles. The van der Waals surface area contributed by atoms with Gasteiger partial charge in [-0.25, -0.2) is 13.7 Å². The molecule has 228 valence electrons. The number of rotatable bonds is 4. The molecule has 7 nitrogen and oxygen atoms in total. The van der Waals surface area contributed by atoms with Crippen molar-refractivity contribution in [3.63, 3.8) is 0 Å². The topological polar surface area (TPSA) is 95.0 Å². The van der Waals surface area contributed by atoms with Crippen LogP contribution in [0.2, 0.25) is 5.02 Å². The molecule has 4 amide bonds. The zero-order valence-corrected chi connectivity index (χ0v) is 24.8. The third-order valence-corrected chi connectivity index (χ3v) is 10.4. The summed E-state index contributed by atoms with van der Waals surface area (Å²) in [7, 11) is 0. The highest BCUT2D eigenvalue weighted by Gasteiger charge is 2.68. The zero-order valence-electron chi connectivity index (χ0n) is 24.0. The summed E-state index contributed by atoms with van der Waals surface area (Å²) in [6, 6.07) is 14.4. The average Bonchev–Trinajstić information content (AvgIpc) is 3.40. The fourth-order valence-electron chi connectivity index (χ4n) is 8.01. The lowest BCUT2D eigenvalue weighted by atomic mass is 9.51. The van der Waals surface area contributed by atoms with Crippen LogP contribution in [-0.2, 0) is 19.2 Å². The Morgan fingerprint density at radius 2 is 1.62 bits per heavy atom. The quantitative estimate of drug-likeness (QED) is 0.266. The summed E-state index contributed by atoms with van der Waals surface area (Å²) in [5.74, 6) is -8.46. The molecular formula is C35H27ClF2N2O5. The van der Waals surface area contributed by atoms with Crippen molar-refractivity contribution in [1.29, 1.82) is 0 Å². The highest BCUT2D eigenvalue weighted by molar-refractivity contribution is 6.32. The number of phenols is 1. The van der Waals surface area contributed by atoms with Crippen molar-refractivity contribution in [3.8, 4) is 5.75 Å². The third kappa shape index (κ3) is 3.99. The van der Waals surface area contributed by atoms with E-state index in [1.807, 2.05) is 6.08 Å². The van der Waals surface area contributed by atoms with Gasteiger partial charge >= 0.3 is 0 Å². The first kappa shape index (κ1) is 29.1. The number of para-hydroxylation sites is 1. The van der Waals surface area contributed by atoms with Gasteiger partial charge in [-0.2, -0.15) is 0 Å². The molecule has 45 heavy (non-hydrogen) atoms. The van der Waals surface area contributed by atoms with Crippen LogP contribution in [0.1, 0.15) is 36.8 Å². The van der Waals surface area contributed by atoms with Gasteiger partial charge < -0.3 is 5.11 Å². The molecule has 2 aliphatic heterocycles. The Labute approximate surface area is 262 Å². The molecule has 6 atom stereocenters. The van der Waals surface area contributed by atoms with Gasteiger partial charge in [0.05, 0.1) is 39.6 Å². The summed E-state index contributed by atoms with van der Waals surface area (Å²) in [6.07, 6.45) is 3.72. The Morgan fingerprint density at radius 3 is 2.31 bits per heavy atom. The van der Waals surface area contributed by atoms with E-state index in [0.717, 1.165) is 22.6 Å². The molecule has 4 aliphatic rings. The number of hydrogen-bond donors (Lipinski definition) is 1. The number of anilines is 2. The van der Waals surface area contributed by atoms with E-state index in [9.17, 15) is 33.1 Å². The number of carbonyl (C=O) groups excluding carboxylic acids is 4. The van der Waals surface area contributed by atoms with Crippen molar-refractivity contribution in [2.24, 2.45) is 29.1 Å². The maximum absolute atomic E-state index is 14.9. The molecule has 1 saturated carbocycles. The highest BCUT2D eigenvalue weighted by Crippen LogP contribution is 2.64. The third-order valence-electron chi connectivity index (χ3n) is 10.2. The first-order chi connectivity index (χ1) is 21.5. The van der Waals surface area contributed by atoms with Gasteiger partial charge in [0.25, 0.3) is 0 Å². The molecule has 3 fully saturated rings. The first-order valence-electron chi connectivity index (χ1n) is 14.6. The monoisotopic (exact) mass is 628 g/mol. The average molecular weight is 629 g/mol. The standard InChI is InChI=1S/C35H27ClF2N2O5/c1-3-17-7-9-18(10-8-17)39-31(42)21-13-12-20-23(28(21)33(39)44)16-24-32(43)40(19-11-14-26(37)25(36)15-19)34(45)35(24,2)29(20)22-5-4-6-27(38)30(22)41/h3-12,14-15,21,23-24,28-29,41H,1,13,16H2,2H3. The number of hydrogen-bond acceptors (Lipinski definition) is 5. The van der Waals surface area contributed by atoms with Crippen LogP contribution < -0.4 is 9.80 Å². The number of halogens is 3. The smallest absolute Gasteiger partial charge is 0.241 e. The Hall–Kier alpha value is -4.63. The number of carbonyl (C=O) groups is 4. The summed E-state index contributed by atoms with van der Waals surface area (Å²) in [6.45, 7) is 5.35. The summed E-state index contributed by atoms with van der Waals surface area (Å²) < 4.78 is 28.9. The molecule has 6 unspecified atom stereocenters. The SMILES string of the molecule is C=Cc1ccc(N2C(=O)C3CC=C4C(CC5C(=O)N(c6ccc(F)c(Cl)c6)C(=O)C5(C)C4c4cccc(F)c4O)C3C2=O)cc1. The second-order valence-corrected chi connectivity index (χ2v) is 12.7. The number of phenolic OH excluding ortho intramolecular Hbond substituents is 1. The second-order valence-electron chi connectivity index (χ2n) is 12.2. The van der Waals surface area contributed by atoms with Crippen molar-refractivity contribution in [2.75, 3.05) is 9.80 Å². The van der Waals surface area contributed by atoms with E-state index in [0.29, 0.717) is 11.3 Å². The highest BCUT2D eigenvalue weighted by atomic mass is 35.5. The molecule has 0 spiro atoms. The first-order valence-corrected chi connectivity index (χ1v) is 15.0. The Kier molecular flexibility index (Phi) is 6.60. The summed E-state index contributed by atoms with van der Waals surface area (Å²) in [5, 5.41) is 10.7. The molecule has 0 radical (unpaired) electrons. The molecular weight excluding hydrogens is 602 g/mol.